The lowest BCUT2D eigenvalue weighted by atomic mass is 9.91. The van der Waals surface area contributed by atoms with E-state index in [-0.39, 0.29) is 0 Å². The van der Waals surface area contributed by atoms with Crippen molar-refractivity contribution >= 4 is 44.8 Å². The number of hydrogen-bond acceptors (Lipinski definition) is 3. The lowest BCUT2D eigenvalue weighted by Crippen LogP contribution is -2.02. The van der Waals surface area contributed by atoms with Gasteiger partial charge < -0.3 is 4.57 Å². The molecule has 0 saturated heterocycles. The molecule has 4 heteroatoms. The van der Waals surface area contributed by atoms with E-state index in [4.69, 9.17) is 9.97 Å². The standard InChI is InChI=1S/C42H31N2OP/c1-46(2,45)34-19-11-17-31(25-34)30-16-10-18-33(24-30)39-27-40(44-42(43-39)29-13-4-3-5-14-29)41-36-21-9-7-15-32(36)26-38-35-20-8-6-12-28(35)22-23-37(38)41/h3-27H,1-2H3. The molecule has 1 aromatic heterocycles. The molecule has 220 valence electrons. The van der Waals surface area contributed by atoms with Gasteiger partial charge in [-0.3, -0.25) is 0 Å². The molecule has 8 rings (SSSR count). The molecule has 7 aromatic carbocycles. The Morgan fingerprint density at radius 1 is 0.435 bits per heavy atom. The number of nitrogens with zero attached hydrogens (tertiary/aromatic N) is 2. The molecule has 0 aliphatic heterocycles. The van der Waals surface area contributed by atoms with Gasteiger partial charge in [0, 0.05) is 22.0 Å². The van der Waals surface area contributed by atoms with Crippen LogP contribution in [-0.2, 0) is 4.57 Å². The molecule has 3 nitrogen and oxygen atoms in total. The summed E-state index contributed by atoms with van der Waals surface area (Å²) in [7, 11) is -2.39. The second-order valence-corrected chi connectivity index (χ2v) is 15.4. The van der Waals surface area contributed by atoms with Gasteiger partial charge in [-0.05, 0) is 81.0 Å². The molecule has 1 heterocycles. The fourth-order valence-corrected chi connectivity index (χ4v) is 7.31. The van der Waals surface area contributed by atoms with Crippen LogP contribution in [0.15, 0.2) is 152 Å². The Morgan fingerprint density at radius 3 is 1.87 bits per heavy atom. The molecule has 0 unspecified atom stereocenters. The maximum Gasteiger partial charge on any atom is 0.160 e. The SMILES string of the molecule is CP(C)(=O)c1cccc(-c2cccc(-c3cc(-c4c5ccccc5cc5c4ccc4ccccc45)nc(-c4ccccc4)n3)c2)c1. The molecule has 0 saturated carbocycles. The largest absolute Gasteiger partial charge is 0.319 e. The Bertz CT molecular complexity index is 2480. The maximum atomic E-state index is 12.9. The molecule has 0 aliphatic carbocycles. The van der Waals surface area contributed by atoms with Gasteiger partial charge in [0.25, 0.3) is 0 Å². The predicted molar refractivity (Wildman–Crippen MR) is 195 cm³/mol. The number of hydrogen-bond donors (Lipinski definition) is 0. The summed E-state index contributed by atoms with van der Waals surface area (Å²) in [6.07, 6.45) is 0. The minimum absolute atomic E-state index is 0.681. The maximum absolute atomic E-state index is 12.9. The smallest absolute Gasteiger partial charge is 0.160 e. The van der Waals surface area contributed by atoms with Gasteiger partial charge in [0.1, 0.15) is 7.14 Å². The van der Waals surface area contributed by atoms with E-state index in [0.717, 1.165) is 55.3 Å². The Morgan fingerprint density at radius 2 is 1.07 bits per heavy atom. The van der Waals surface area contributed by atoms with Crippen LogP contribution in [0.5, 0.6) is 0 Å². The minimum Gasteiger partial charge on any atom is -0.319 e. The summed E-state index contributed by atoms with van der Waals surface area (Å²) in [6, 6.07) is 52.7. The Hall–Kier alpha value is -5.37. The third kappa shape index (κ3) is 5.09. The summed E-state index contributed by atoms with van der Waals surface area (Å²) in [5.74, 6) is 0.681. The second kappa shape index (κ2) is 11.2. The minimum atomic E-state index is -2.39. The van der Waals surface area contributed by atoms with Gasteiger partial charge in [0.15, 0.2) is 5.82 Å². The van der Waals surface area contributed by atoms with Crippen molar-refractivity contribution in [3.63, 3.8) is 0 Å². The van der Waals surface area contributed by atoms with Crippen molar-refractivity contribution in [2.24, 2.45) is 0 Å². The fourth-order valence-electron chi connectivity index (χ4n) is 6.41. The van der Waals surface area contributed by atoms with Crippen LogP contribution in [0.25, 0.3) is 77.3 Å². The summed E-state index contributed by atoms with van der Waals surface area (Å²) in [4.78, 5) is 10.4. The van der Waals surface area contributed by atoms with Crippen molar-refractivity contribution in [3.8, 4) is 45.0 Å². The number of aromatic nitrogens is 2. The van der Waals surface area contributed by atoms with Crippen LogP contribution >= 0.6 is 7.14 Å². The molecular weight excluding hydrogens is 579 g/mol. The topological polar surface area (TPSA) is 42.9 Å². The Kier molecular flexibility index (Phi) is 6.86. The zero-order chi connectivity index (χ0) is 31.3. The zero-order valence-corrected chi connectivity index (χ0v) is 26.6. The van der Waals surface area contributed by atoms with Crippen LogP contribution in [-0.4, -0.2) is 23.3 Å². The highest BCUT2D eigenvalue weighted by atomic mass is 31.2. The van der Waals surface area contributed by atoms with Gasteiger partial charge in [0.05, 0.1) is 11.4 Å². The number of rotatable bonds is 5. The van der Waals surface area contributed by atoms with Crippen molar-refractivity contribution in [3.05, 3.63) is 152 Å². The highest BCUT2D eigenvalue weighted by Gasteiger charge is 2.17. The van der Waals surface area contributed by atoms with Crippen molar-refractivity contribution < 1.29 is 4.57 Å². The second-order valence-electron chi connectivity index (χ2n) is 12.2. The van der Waals surface area contributed by atoms with Crippen LogP contribution < -0.4 is 5.30 Å². The van der Waals surface area contributed by atoms with E-state index in [1.807, 2.05) is 49.7 Å². The molecule has 0 amide bonds. The molecule has 0 spiro atoms. The van der Waals surface area contributed by atoms with Gasteiger partial charge in [-0.2, -0.15) is 0 Å². The highest BCUT2D eigenvalue weighted by Crippen LogP contribution is 2.41. The summed E-state index contributed by atoms with van der Waals surface area (Å²) in [6.45, 7) is 3.63. The van der Waals surface area contributed by atoms with Crippen LogP contribution in [0.2, 0.25) is 0 Å². The third-order valence-electron chi connectivity index (χ3n) is 8.74. The third-order valence-corrected chi connectivity index (χ3v) is 10.3. The summed E-state index contributed by atoms with van der Waals surface area (Å²) in [5.41, 5.74) is 6.88. The Labute approximate surface area is 268 Å². The van der Waals surface area contributed by atoms with E-state index in [1.165, 1.54) is 21.5 Å². The van der Waals surface area contributed by atoms with Gasteiger partial charge in [0.2, 0.25) is 0 Å². The molecular formula is C42H31N2OP. The quantitative estimate of drug-likeness (QED) is 0.111. The van der Waals surface area contributed by atoms with Crippen molar-refractivity contribution in [1.82, 2.24) is 9.97 Å². The molecule has 0 aliphatic rings. The zero-order valence-electron chi connectivity index (χ0n) is 25.7. The molecule has 0 N–H and O–H groups in total. The van der Waals surface area contributed by atoms with Gasteiger partial charge >= 0.3 is 0 Å². The first-order valence-electron chi connectivity index (χ1n) is 15.5. The van der Waals surface area contributed by atoms with Crippen LogP contribution in [0.3, 0.4) is 0 Å². The number of fused-ring (bicyclic) bond motifs is 4. The first-order chi connectivity index (χ1) is 22.4. The first-order valence-corrected chi connectivity index (χ1v) is 18.1. The van der Waals surface area contributed by atoms with Gasteiger partial charge in [-0.1, -0.05) is 127 Å². The van der Waals surface area contributed by atoms with Crippen molar-refractivity contribution in [2.45, 2.75) is 0 Å². The summed E-state index contributed by atoms with van der Waals surface area (Å²) >= 11 is 0. The van der Waals surface area contributed by atoms with E-state index in [1.54, 1.807) is 0 Å². The summed E-state index contributed by atoms with van der Waals surface area (Å²) < 4.78 is 12.9. The molecule has 0 atom stereocenters. The molecule has 0 radical (unpaired) electrons. The van der Waals surface area contributed by atoms with E-state index >= 15 is 0 Å². The van der Waals surface area contributed by atoms with Crippen LogP contribution in [0.1, 0.15) is 0 Å². The monoisotopic (exact) mass is 610 g/mol. The first kappa shape index (κ1) is 28.1. The molecule has 46 heavy (non-hydrogen) atoms. The fraction of sp³-hybridized carbons (Fsp3) is 0.0476. The Balaban J connectivity index is 1.39. The predicted octanol–water partition coefficient (Wildman–Crippen LogP) is 10.9. The average molecular weight is 611 g/mol. The number of benzene rings is 7. The molecule has 0 bridgehead atoms. The lowest BCUT2D eigenvalue weighted by Gasteiger charge is -2.16. The molecule has 8 aromatic rings. The molecule has 0 fully saturated rings. The van der Waals surface area contributed by atoms with E-state index < -0.39 is 7.14 Å². The van der Waals surface area contributed by atoms with E-state index in [0.29, 0.717) is 5.82 Å². The highest BCUT2D eigenvalue weighted by molar-refractivity contribution is 7.70. The van der Waals surface area contributed by atoms with Crippen LogP contribution in [0.4, 0.5) is 0 Å². The lowest BCUT2D eigenvalue weighted by molar-refractivity contribution is 0.588. The van der Waals surface area contributed by atoms with Gasteiger partial charge in [-0.15, -0.1) is 0 Å². The van der Waals surface area contributed by atoms with Gasteiger partial charge in [-0.25, -0.2) is 9.97 Å². The summed E-state index contributed by atoms with van der Waals surface area (Å²) in [5, 5.41) is 8.02. The van der Waals surface area contributed by atoms with Crippen LogP contribution in [0, 0.1) is 0 Å². The van der Waals surface area contributed by atoms with E-state index in [2.05, 4.69) is 115 Å². The van der Waals surface area contributed by atoms with E-state index in [9.17, 15) is 4.57 Å². The normalized spacial score (nSPS) is 11.8. The van der Waals surface area contributed by atoms with Crippen molar-refractivity contribution in [2.75, 3.05) is 13.3 Å². The van der Waals surface area contributed by atoms with Crippen molar-refractivity contribution in [1.29, 1.82) is 0 Å². The average Bonchev–Trinajstić information content (AvgIpc) is 3.10.